The molecule has 1 aromatic carbocycles. The van der Waals surface area contributed by atoms with Crippen LogP contribution in [0.4, 0.5) is 13.2 Å². The second-order valence-corrected chi connectivity index (χ2v) is 7.51. The van der Waals surface area contributed by atoms with E-state index in [1.807, 2.05) is 0 Å². The van der Waals surface area contributed by atoms with Crippen molar-refractivity contribution >= 4 is 18.3 Å². The molecule has 146 valence electrons. The Morgan fingerprint density at radius 3 is 2.35 bits per heavy atom. The summed E-state index contributed by atoms with van der Waals surface area (Å²) < 4.78 is 39.5. The largest absolute Gasteiger partial charge is 0.416 e. The van der Waals surface area contributed by atoms with Gasteiger partial charge in [-0.05, 0) is 56.1 Å². The third-order valence-electron chi connectivity index (χ3n) is 5.88. The monoisotopic (exact) mass is 390 g/mol. The molecule has 1 aromatic rings. The van der Waals surface area contributed by atoms with E-state index < -0.39 is 17.8 Å². The molecule has 3 N–H and O–H groups in total. The first kappa shape index (κ1) is 21.0. The Hall–Kier alpha value is -1.27. The van der Waals surface area contributed by atoms with Crippen LogP contribution in [-0.4, -0.2) is 11.9 Å². The van der Waals surface area contributed by atoms with Crippen LogP contribution in [0, 0.1) is 17.8 Å². The summed E-state index contributed by atoms with van der Waals surface area (Å²) in [5.74, 6) is 0.436. The molecule has 2 bridgehead atoms. The van der Waals surface area contributed by atoms with Crippen molar-refractivity contribution in [3.8, 4) is 0 Å². The van der Waals surface area contributed by atoms with Crippen LogP contribution in [0.15, 0.2) is 24.3 Å². The van der Waals surface area contributed by atoms with Crippen molar-refractivity contribution in [1.82, 2.24) is 5.32 Å². The molecule has 0 radical (unpaired) electrons. The van der Waals surface area contributed by atoms with Crippen molar-refractivity contribution in [1.29, 1.82) is 0 Å². The number of benzene rings is 1. The summed E-state index contributed by atoms with van der Waals surface area (Å²) in [6, 6.07) is 4.91. The maximum atomic E-state index is 13.2. The predicted octanol–water partition coefficient (Wildman–Crippen LogP) is 4.46. The third-order valence-corrected chi connectivity index (χ3v) is 5.88. The molecule has 3 nitrogen and oxygen atoms in total. The molecule has 0 aliphatic heterocycles. The quantitative estimate of drug-likeness (QED) is 0.800. The van der Waals surface area contributed by atoms with Gasteiger partial charge in [0, 0.05) is 12.0 Å². The van der Waals surface area contributed by atoms with Gasteiger partial charge in [0.05, 0.1) is 11.6 Å². The lowest BCUT2D eigenvalue weighted by molar-refractivity contribution is -0.139. The number of amides is 1. The lowest BCUT2D eigenvalue weighted by atomic mass is 9.65. The van der Waals surface area contributed by atoms with Crippen LogP contribution in [0.25, 0.3) is 0 Å². The molecule has 0 heterocycles. The van der Waals surface area contributed by atoms with Crippen molar-refractivity contribution < 1.29 is 18.0 Å². The zero-order valence-corrected chi connectivity index (χ0v) is 15.6. The summed E-state index contributed by atoms with van der Waals surface area (Å²) in [5.41, 5.74) is 5.67. The highest BCUT2D eigenvalue weighted by molar-refractivity contribution is 5.85. The standard InChI is InChI=1S/C19H25F3N2O.ClH/c1-11(15-7-2-3-8-16(15)19(20,21)22)24-18(25)14-9-12-5-4-6-13(10-14)17(12)23;/h2-3,7-8,11-14,17H,4-6,9-10,23H2,1H3,(H,24,25);1H. The second-order valence-electron chi connectivity index (χ2n) is 7.51. The molecule has 7 heteroatoms. The van der Waals surface area contributed by atoms with Gasteiger partial charge in [0.25, 0.3) is 0 Å². The zero-order chi connectivity index (χ0) is 18.2. The molecule has 26 heavy (non-hydrogen) atoms. The predicted molar refractivity (Wildman–Crippen MR) is 96.8 cm³/mol. The molecule has 3 unspecified atom stereocenters. The number of nitrogens with one attached hydrogen (secondary N) is 1. The Morgan fingerprint density at radius 2 is 1.77 bits per heavy atom. The number of fused-ring (bicyclic) bond motifs is 2. The first-order valence-corrected chi connectivity index (χ1v) is 8.99. The number of hydrogen-bond donors (Lipinski definition) is 2. The third kappa shape index (κ3) is 4.34. The maximum Gasteiger partial charge on any atom is 0.416 e. The molecule has 2 aliphatic carbocycles. The van der Waals surface area contributed by atoms with Gasteiger partial charge in [0.2, 0.25) is 5.91 Å². The molecule has 0 saturated heterocycles. The Bertz CT molecular complexity index is 623. The average molecular weight is 391 g/mol. The normalized spacial score (nSPS) is 29.4. The van der Waals surface area contributed by atoms with Crippen LogP contribution < -0.4 is 11.1 Å². The summed E-state index contributed by atoms with van der Waals surface area (Å²) in [4.78, 5) is 12.6. The molecule has 3 atom stereocenters. The Labute approximate surface area is 158 Å². The first-order valence-electron chi connectivity index (χ1n) is 8.99. The van der Waals surface area contributed by atoms with Crippen LogP contribution in [-0.2, 0) is 11.0 Å². The first-order chi connectivity index (χ1) is 11.8. The minimum Gasteiger partial charge on any atom is -0.349 e. The minimum absolute atomic E-state index is 0. The second kappa shape index (κ2) is 8.17. The van der Waals surface area contributed by atoms with Crippen LogP contribution >= 0.6 is 12.4 Å². The highest BCUT2D eigenvalue weighted by Gasteiger charge is 2.41. The van der Waals surface area contributed by atoms with E-state index in [1.165, 1.54) is 12.1 Å². The van der Waals surface area contributed by atoms with Crippen molar-refractivity contribution in [3.63, 3.8) is 0 Å². The fourth-order valence-corrected chi connectivity index (χ4v) is 4.54. The number of halogens is 4. The zero-order valence-electron chi connectivity index (χ0n) is 14.8. The number of rotatable bonds is 3. The van der Waals surface area contributed by atoms with E-state index in [0.717, 1.165) is 38.2 Å². The summed E-state index contributed by atoms with van der Waals surface area (Å²) >= 11 is 0. The van der Waals surface area contributed by atoms with E-state index in [0.29, 0.717) is 11.8 Å². The van der Waals surface area contributed by atoms with Gasteiger partial charge in [0.15, 0.2) is 0 Å². The number of carbonyl (C=O) groups is 1. The summed E-state index contributed by atoms with van der Waals surface area (Å²) in [5, 5.41) is 2.80. The molecule has 1 amide bonds. The molecule has 0 aromatic heterocycles. The van der Waals surface area contributed by atoms with Gasteiger partial charge in [-0.3, -0.25) is 4.79 Å². The highest BCUT2D eigenvalue weighted by atomic mass is 35.5. The summed E-state index contributed by atoms with van der Waals surface area (Å²) in [6.45, 7) is 1.61. The van der Waals surface area contributed by atoms with Crippen LogP contribution in [0.1, 0.15) is 56.2 Å². The Kier molecular flexibility index (Phi) is 6.61. The highest BCUT2D eigenvalue weighted by Crippen LogP contribution is 2.42. The molecular formula is C19H26ClF3N2O. The van der Waals surface area contributed by atoms with E-state index in [9.17, 15) is 18.0 Å². The van der Waals surface area contributed by atoms with Crippen molar-refractivity contribution in [3.05, 3.63) is 35.4 Å². The number of nitrogens with two attached hydrogens (primary N) is 1. The van der Waals surface area contributed by atoms with Gasteiger partial charge >= 0.3 is 6.18 Å². The molecule has 2 aliphatic rings. The van der Waals surface area contributed by atoms with Gasteiger partial charge in [-0.25, -0.2) is 0 Å². The van der Waals surface area contributed by atoms with Crippen molar-refractivity contribution in [2.45, 2.75) is 57.3 Å². The minimum atomic E-state index is -4.43. The fourth-order valence-electron chi connectivity index (χ4n) is 4.54. The molecule has 2 saturated carbocycles. The smallest absolute Gasteiger partial charge is 0.349 e. The Morgan fingerprint density at radius 1 is 1.19 bits per heavy atom. The lowest BCUT2D eigenvalue weighted by Gasteiger charge is -2.43. The van der Waals surface area contributed by atoms with Gasteiger partial charge in [-0.15, -0.1) is 12.4 Å². The van der Waals surface area contributed by atoms with Gasteiger partial charge < -0.3 is 11.1 Å². The van der Waals surface area contributed by atoms with Gasteiger partial charge in [0.1, 0.15) is 0 Å². The van der Waals surface area contributed by atoms with Gasteiger partial charge in [-0.1, -0.05) is 24.6 Å². The number of hydrogen-bond acceptors (Lipinski definition) is 2. The molecule has 2 fully saturated rings. The summed E-state index contributed by atoms with van der Waals surface area (Å²) in [6.07, 6.45) is 0.326. The van der Waals surface area contributed by atoms with E-state index >= 15 is 0 Å². The Balaban J connectivity index is 0.00000243. The topological polar surface area (TPSA) is 55.1 Å². The summed E-state index contributed by atoms with van der Waals surface area (Å²) in [7, 11) is 0. The van der Waals surface area contributed by atoms with Crippen LogP contribution in [0.2, 0.25) is 0 Å². The van der Waals surface area contributed by atoms with E-state index in [1.54, 1.807) is 13.0 Å². The van der Waals surface area contributed by atoms with Crippen molar-refractivity contribution in [2.24, 2.45) is 23.5 Å². The van der Waals surface area contributed by atoms with E-state index in [2.05, 4.69) is 5.32 Å². The average Bonchev–Trinajstić information content (AvgIpc) is 2.53. The van der Waals surface area contributed by atoms with E-state index in [-0.39, 0.29) is 35.8 Å². The number of carbonyl (C=O) groups excluding carboxylic acids is 1. The molecule has 0 spiro atoms. The molecular weight excluding hydrogens is 365 g/mol. The molecule has 3 rings (SSSR count). The van der Waals surface area contributed by atoms with Crippen LogP contribution in [0.3, 0.4) is 0 Å². The van der Waals surface area contributed by atoms with Crippen molar-refractivity contribution in [2.75, 3.05) is 0 Å². The van der Waals surface area contributed by atoms with E-state index in [4.69, 9.17) is 5.73 Å². The van der Waals surface area contributed by atoms with Gasteiger partial charge in [-0.2, -0.15) is 13.2 Å². The lowest BCUT2D eigenvalue weighted by Crippen LogP contribution is -2.49. The fraction of sp³-hybridized carbons (Fsp3) is 0.632. The SMILES string of the molecule is CC(NC(=O)C1CC2CCCC(C1)C2N)c1ccccc1C(F)(F)F.Cl. The maximum absolute atomic E-state index is 13.2. The van der Waals surface area contributed by atoms with Crippen LogP contribution in [0.5, 0.6) is 0 Å². The number of alkyl halides is 3.